The van der Waals surface area contributed by atoms with Gasteiger partial charge in [0.1, 0.15) is 0 Å². The minimum atomic E-state index is 0. The minimum absolute atomic E-state index is 0. The second-order valence-corrected chi connectivity index (χ2v) is 9.01. The van der Waals surface area contributed by atoms with Crippen molar-refractivity contribution in [3.8, 4) is 0 Å². The van der Waals surface area contributed by atoms with E-state index in [0.717, 1.165) is 6.42 Å². The van der Waals surface area contributed by atoms with Crippen LogP contribution in [-0.2, 0) is 26.2 Å². The van der Waals surface area contributed by atoms with E-state index >= 15 is 0 Å². The molecule has 6 rings (SSSR count). The van der Waals surface area contributed by atoms with Gasteiger partial charge in [-0.2, -0.15) is 0 Å². The van der Waals surface area contributed by atoms with Gasteiger partial charge in [0.2, 0.25) is 0 Å². The van der Waals surface area contributed by atoms with Crippen LogP contribution in [-0.4, -0.2) is 0 Å². The van der Waals surface area contributed by atoms with Gasteiger partial charge in [0.05, 0.1) is 0 Å². The minimum Gasteiger partial charge on any atom is -1.00 e. The third kappa shape index (κ3) is 5.03. The van der Waals surface area contributed by atoms with E-state index < -0.39 is 0 Å². The molecule has 0 nitrogen and oxygen atoms in total. The SMILES string of the molecule is Cc1ccc(C(c2ccc(C)cc2)=c2ccc3c(c2C2=CC=CC2)[C-]=c2ccccc2=3)cc1.[Cl-].[Cl-].[Zr+3]. The molecule has 2 aliphatic carbocycles. The molecule has 2 aliphatic rings. The quantitative estimate of drug-likeness (QED) is 0.267. The molecule has 0 bridgehead atoms. The topological polar surface area (TPSA) is 0 Å². The van der Waals surface area contributed by atoms with Crippen LogP contribution in [0.5, 0.6) is 0 Å². The van der Waals surface area contributed by atoms with Crippen molar-refractivity contribution in [3.63, 3.8) is 0 Å². The number of benzene rings is 4. The van der Waals surface area contributed by atoms with E-state index in [0.29, 0.717) is 0 Å². The predicted octanol–water partition coefficient (Wildman–Crippen LogP) is 0.206. The van der Waals surface area contributed by atoms with Crippen LogP contribution < -0.4 is 35.3 Å². The van der Waals surface area contributed by atoms with Crippen molar-refractivity contribution in [2.75, 3.05) is 0 Å². The Bertz CT molecular complexity index is 1630. The van der Waals surface area contributed by atoms with Crippen molar-refractivity contribution in [3.05, 3.63) is 157 Å². The molecule has 0 unspecified atom stereocenters. The Morgan fingerprint density at radius 3 is 1.89 bits per heavy atom. The largest absolute Gasteiger partial charge is 3.00 e. The summed E-state index contributed by atoms with van der Waals surface area (Å²) in [6.07, 6.45) is 11.4. The van der Waals surface area contributed by atoms with Gasteiger partial charge in [-0.05, 0) is 42.2 Å². The molecule has 175 valence electrons. The van der Waals surface area contributed by atoms with E-state index in [1.807, 2.05) is 0 Å². The maximum absolute atomic E-state index is 3.76. The molecule has 36 heavy (non-hydrogen) atoms. The molecular formula is C33H25Cl2Zr. The summed E-state index contributed by atoms with van der Waals surface area (Å²) in [5.41, 5.74) is 10.2. The van der Waals surface area contributed by atoms with Crippen LogP contribution in [0.1, 0.15) is 39.8 Å². The third-order valence-electron chi connectivity index (χ3n) is 6.72. The molecule has 0 heterocycles. The molecule has 0 amide bonds. The number of aryl methyl sites for hydroxylation is 2. The van der Waals surface area contributed by atoms with E-state index in [2.05, 4.69) is 123 Å². The van der Waals surface area contributed by atoms with Crippen molar-refractivity contribution in [2.24, 2.45) is 0 Å². The zero-order valence-corrected chi connectivity index (χ0v) is 24.2. The van der Waals surface area contributed by atoms with Crippen LogP contribution in [0.3, 0.4) is 0 Å². The van der Waals surface area contributed by atoms with E-state index in [4.69, 9.17) is 0 Å². The summed E-state index contributed by atoms with van der Waals surface area (Å²) >= 11 is 0. The number of hydrogen-bond donors (Lipinski definition) is 0. The first-order valence-corrected chi connectivity index (χ1v) is 11.6. The predicted molar refractivity (Wildman–Crippen MR) is 138 cm³/mol. The van der Waals surface area contributed by atoms with Gasteiger partial charge >= 0.3 is 26.2 Å². The van der Waals surface area contributed by atoms with Crippen LogP contribution in [0, 0.1) is 24.3 Å². The zero-order chi connectivity index (χ0) is 22.4. The summed E-state index contributed by atoms with van der Waals surface area (Å²) in [6, 6.07) is 31.1. The molecule has 4 aromatic rings. The van der Waals surface area contributed by atoms with Gasteiger partial charge < -0.3 is 24.8 Å². The van der Waals surface area contributed by atoms with Crippen LogP contribution in [0.25, 0.3) is 17.2 Å². The Morgan fingerprint density at radius 2 is 1.31 bits per heavy atom. The van der Waals surface area contributed by atoms with Gasteiger partial charge in [-0.1, -0.05) is 119 Å². The van der Waals surface area contributed by atoms with Crippen molar-refractivity contribution in [1.82, 2.24) is 0 Å². The Kier molecular flexibility index (Phi) is 9.18. The maximum atomic E-state index is 3.76. The normalized spacial score (nSPS) is 12.2. The summed E-state index contributed by atoms with van der Waals surface area (Å²) in [7, 11) is 0. The molecule has 4 aromatic carbocycles. The van der Waals surface area contributed by atoms with E-state index in [-0.39, 0.29) is 51.0 Å². The fraction of sp³-hybridized carbons (Fsp3) is 0.0909. The Morgan fingerprint density at radius 1 is 0.694 bits per heavy atom. The van der Waals surface area contributed by atoms with E-state index in [9.17, 15) is 0 Å². The molecule has 0 N–H and O–H groups in total. The molecule has 0 aliphatic heterocycles. The molecule has 0 fully saturated rings. The Hall–Kier alpha value is -2.44. The van der Waals surface area contributed by atoms with Gasteiger partial charge in [0.25, 0.3) is 0 Å². The first-order valence-electron chi connectivity index (χ1n) is 11.6. The molecule has 0 spiro atoms. The van der Waals surface area contributed by atoms with Crippen molar-refractivity contribution >= 4 is 17.2 Å². The number of rotatable bonds is 3. The molecular weight excluding hydrogens is 558 g/mol. The standard InChI is InChI=1S/C33H25.2ClH.Zr/c1-22-11-15-25(16-12-22)32(26-17-13-23(2)14-18-26)30-20-19-29-28-10-6-5-9-27(28)21-31(29)33(30)24-7-3-4-8-24;;;/h3-7,9-20H,8H2,1-2H3;2*1H;/q-1;;;+3/p-2. The fourth-order valence-electron chi connectivity index (χ4n) is 5.01. The van der Waals surface area contributed by atoms with E-state index in [1.54, 1.807) is 0 Å². The molecule has 0 saturated heterocycles. The number of fused-ring (bicyclic) bond motifs is 2. The monoisotopic (exact) mass is 581 g/mol. The van der Waals surface area contributed by atoms with Crippen LogP contribution in [0.15, 0.2) is 103 Å². The van der Waals surface area contributed by atoms with Crippen LogP contribution >= 0.6 is 0 Å². The number of halogens is 2. The van der Waals surface area contributed by atoms with Crippen LogP contribution in [0.2, 0.25) is 0 Å². The second-order valence-electron chi connectivity index (χ2n) is 9.01. The molecule has 0 aromatic heterocycles. The van der Waals surface area contributed by atoms with Crippen molar-refractivity contribution in [2.45, 2.75) is 20.3 Å². The molecule has 0 saturated carbocycles. The number of hydrogen-bond acceptors (Lipinski definition) is 0. The summed E-state index contributed by atoms with van der Waals surface area (Å²) in [4.78, 5) is 0. The molecule has 0 atom stereocenters. The zero-order valence-electron chi connectivity index (χ0n) is 20.3. The fourth-order valence-corrected chi connectivity index (χ4v) is 5.01. The number of allylic oxidation sites excluding steroid dienone is 4. The van der Waals surface area contributed by atoms with Gasteiger partial charge in [0.15, 0.2) is 0 Å². The van der Waals surface area contributed by atoms with Gasteiger partial charge in [-0.3, -0.25) is 0 Å². The van der Waals surface area contributed by atoms with E-state index in [1.165, 1.54) is 65.4 Å². The Labute approximate surface area is 244 Å². The first kappa shape index (κ1) is 28.1. The maximum Gasteiger partial charge on any atom is 3.00 e. The summed E-state index contributed by atoms with van der Waals surface area (Å²) in [5.74, 6) is 0. The van der Waals surface area contributed by atoms with Crippen LogP contribution in [0.4, 0.5) is 0 Å². The molecule has 1 radical (unpaired) electrons. The summed E-state index contributed by atoms with van der Waals surface area (Å²) < 4.78 is 0. The van der Waals surface area contributed by atoms with Crippen molar-refractivity contribution < 1.29 is 51.0 Å². The first-order chi connectivity index (χ1) is 16.2. The van der Waals surface area contributed by atoms with Gasteiger partial charge in [0, 0.05) is 0 Å². The summed E-state index contributed by atoms with van der Waals surface area (Å²) in [5, 5.41) is 5.02. The average Bonchev–Trinajstić information content (AvgIpc) is 3.49. The Balaban J connectivity index is 0.00000120. The average molecular weight is 584 g/mol. The third-order valence-corrected chi connectivity index (χ3v) is 6.72. The summed E-state index contributed by atoms with van der Waals surface area (Å²) in [6.45, 7) is 4.29. The van der Waals surface area contributed by atoms with Gasteiger partial charge in [-0.15, -0.1) is 33.4 Å². The molecule has 3 heteroatoms. The second kappa shape index (κ2) is 11.7. The van der Waals surface area contributed by atoms with Crippen molar-refractivity contribution in [1.29, 1.82) is 0 Å². The van der Waals surface area contributed by atoms with Gasteiger partial charge in [-0.25, -0.2) is 0 Å². The smallest absolute Gasteiger partial charge is 1.00 e.